The van der Waals surface area contributed by atoms with E-state index in [1.807, 2.05) is 44.2 Å². The highest BCUT2D eigenvalue weighted by molar-refractivity contribution is 5.65. The first-order valence-corrected chi connectivity index (χ1v) is 9.64. The lowest BCUT2D eigenvalue weighted by Crippen LogP contribution is -2.40. The number of carbonyl (C=O) groups excluding carboxylic acids is 1. The number of aliphatic hydroxyl groups is 1. The van der Waals surface area contributed by atoms with Gasteiger partial charge in [-0.05, 0) is 68.4 Å². The molecule has 0 spiro atoms. The highest BCUT2D eigenvalue weighted by atomic mass is 16.6. The first-order valence-electron chi connectivity index (χ1n) is 9.64. The zero-order chi connectivity index (χ0) is 20.6. The second-order valence-electron chi connectivity index (χ2n) is 7.61. The molecule has 0 aliphatic rings. The minimum atomic E-state index is -0.759. The molecule has 2 aromatic rings. The van der Waals surface area contributed by atoms with E-state index < -0.39 is 11.7 Å². The molecule has 1 unspecified atom stereocenters. The van der Waals surface area contributed by atoms with Crippen LogP contribution in [0.25, 0.3) is 0 Å². The number of hydrogen-bond acceptors (Lipinski definition) is 4. The molecule has 5 heteroatoms. The van der Waals surface area contributed by atoms with Gasteiger partial charge in [0.05, 0.1) is 7.11 Å². The first kappa shape index (κ1) is 21.8. The molecule has 3 N–H and O–H groups in total. The quantitative estimate of drug-likeness (QED) is 0.650. The Morgan fingerprint density at radius 3 is 2.36 bits per heavy atom. The van der Waals surface area contributed by atoms with Crippen LogP contribution in [0, 0.1) is 5.92 Å². The molecule has 5 nitrogen and oxygen atoms in total. The second-order valence-corrected chi connectivity index (χ2v) is 7.61. The molecule has 0 heterocycles. The van der Waals surface area contributed by atoms with E-state index in [4.69, 9.17) is 15.2 Å². The van der Waals surface area contributed by atoms with Crippen LogP contribution in [0.2, 0.25) is 0 Å². The summed E-state index contributed by atoms with van der Waals surface area (Å²) in [6, 6.07) is 16.2. The molecule has 152 valence electrons. The third kappa shape index (κ3) is 6.57. The first-order chi connectivity index (χ1) is 13.3. The fourth-order valence-corrected chi connectivity index (χ4v) is 3.53. The molecule has 1 amide bonds. The van der Waals surface area contributed by atoms with Crippen molar-refractivity contribution in [1.29, 1.82) is 0 Å². The molecule has 2 aromatic carbocycles. The summed E-state index contributed by atoms with van der Waals surface area (Å²) in [5, 5.41) is 9.19. The van der Waals surface area contributed by atoms with Gasteiger partial charge in [-0.15, -0.1) is 0 Å². The molecule has 0 radical (unpaired) electrons. The van der Waals surface area contributed by atoms with Crippen LogP contribution in [0.3, 0.4) is 0 Å². The molecular weight excluding hydrogens is 354 g/mol. The highest BCUT2D eigenvalue weighted by Gasteiger charge is 2.32. The number of nitrogens with two attached hydrogens (primary N) is 1. The Kier molecular flexibility index (Phi) is 7.88. The smallest absolute Gasteiger partial charge is 0.405 e. The third-order valence-electron chi connectivity index (χ3n) is 5.14. The number of aryl methyl sites for hydroxylation is 1. The fourth-order valence-electron chi connectivity index (χ4n) is 3.53. The summed E-state index contributed by atoms with van der Waals surface area (Å²) in [4.78, 5) is 11.4. The van der Waals surface area contributed by atoms with Crippen LogP contribution >= 0.6 is 0 Å². The summed E-state index contributed by atoms with van der Waals surface area (Å²) in [6.07, 6.45) is 2.29. The van der Waals surface area contributed by atoms with Gasteiger partial charge in [0.1, 0.15) is 11.4 Å². The monoisotopic (exact) mass is 385 g/mol. The molecule has 0 aliphatic carbocycles. The van der Waals surface area contributed by atoms with Crippen molar-refractivity contribution >= 4 is 6.09 Å². The number of rotatable bonds is 10. The van der Waals surface area contributed by atoms with Gasteiger partial charge in [0, 0.05) is 12.5 Å². The second kappa shape index (κ2) is 10.1. The van der Waals surface area contributed by atoms with Crippen LogP contribution < -0.4 is 10.5 Å². The minimum absolute atomic E-state index is 0.0792. The van der Waals surface area contributed by atoms with E-state index in [9.17, 15) is 9.90 Å². The number of ether oxygens (including phenoxy) is 2. The molecule has 0 aliphatic heterocycles. The summed E-state index contributed by atoms with van der Waals surface area (Å²) < 4.78 is 10.8. The van der Waals surface area contributed by atoms with Crippen molar-refractivity contribution in [2.24, 2.45) is 11.7 Å². The lowest BCUT2D eigenvalue weighted by Gasteiger charge is -2.34. The van der Waals surface area contributed by atoms with Gasteiger partial charge < -0.3 is 20.3 Å². The summed E-state index contributed by atoms with van der Waals surface area (Å²) in [5.41, 5.74) is 8.04. The largest absolute Gasteiger partial charge is 0.497 e. The molecule has 0 saturated carbocycles. The molecule has 28 heavy (non-hydrogen) atoms. The average molecular weight is 386 g/mol. The zero-order valence-electron chi connectivity index (χ0n) is 17.0. The van der Waals surface area contributed by atoms with E-state index in [2.05, 4.69) is 18.2 Å². The Morgan fingerprint density at radius 1 is 1.07 bits per heavy atom. The number of primary amides is 1. The van der Waals surface area contributed by atoms with Crippen molar-refractivity contribution in [3.05, 3.63) is 65.2 Å². The van der Waals surface area contributed by atoms with Crippen molar-refractivity contribution in [2.45, 2.75) is 45.1 Å². The highest BCUT2D eigenvalue weighted by Crippen LogP contribution is 2.30. The third-order valence-corrected chi connectivity index (χ3v) is 5.14. The van der Waals surface area contributed by atoms with Gasteiger partial charge in [0.15, 0.2) is 0 Å². The van der Waals surface area contributed by atoms with Crippen molar-refractivity contribution in [1.82, 2.24) is 0 Å². The zero-order valence-corrected chi connectivity index (χ0v) is 17.0. The molecule has 0 aromatic heterocycles. The van der Waals surface area contributed by atoms with Crippen LogP contribution in [0.4, 0.5) is 4.79 Å². The van der Waals surface area contributed by atoms with Gasteiger partial charge >= 0.3 is 6.09 Å². The SMILES string of the molecule is COc1cccc(CCC(Cc2cccc(CCO)c2)C(C)(C)OC(N)=O)c1. The van der Waals surface area contributed by atoms with Gasteiger partial charge in [0.25, 0.3) is 0 Å². The Hall–Kier alpha value is -2.53. The number of carbonyl (C=O) groups is 1. The van der Waals surface area contributed by atoms with Crippen molar-refractivity contribution in [2.75, 3.05) is 13.7 Å². The standard InChI is InChI=1S/C23H31NO4/c1-23(2,28-22(24)26)20(11-10-17-7-5-9-21(16-17)27-3)15-19-8-4-6-18(14-19)12-13-25/h4-9,14,16,20,25H,10-13,15H2,1-3H3,(H2,24,26). The number of amides is 1. The lowest BCUT2D eigenvalue weighted by molar-refractivity contribution is -0.00425. The van der Waals surface area contributed by atoms with Crippen LogP contribution in [-0.4, -0.2) is 30.5 Å². The number of methoxy groups -OCH3 is 1. The Balaban J connectivity index is 2.18. The topological polar surface area (TPSA) is 81.8 Å². The summed E-state index contributed by atoms with van der Waals surface area (Å²) in [6.45, 7) is 3.94. The fraction of sp³-hybridized carbons (Fsp3) is 0.435. The van der Waals surface area contributed by atoms with Gasteiger partial charge in [-0.1, -0.05) is 36.4 Å². The maximum absolute atomic E-state index is 11.4. The molecule has 2 rings (SSSR count). The molecule has 1 atom stereocenters. The van der Waals surface area contributed by atoms with E-state index in [0.29, 0.717) is 6.42 Å². The van der Waals surface area contributed by atoms with Crippen LogP contribution in [0.1, 0.15) is 37.0 Å². The van der Waals surface area contributed by atoms with Gasteiger partial charge in [-0.2, -0.15) is 0 Å². The van der Waals surface area contributed by atoms with E-state index in [1.165, 1.54) is 5.56 Å². The lowest BCUT2D eigenvalue weighted by atomic mass is 9.81. The van der Waals surface area contributed by atoms with Crippen LogP contribution in [0.15, 0.2) is 48.5 Å². The number of aliphatic hydroxyl groups excluding tert-OH is 1. The van der Waals surface area contributed by atoms with E-state index in [-0.39, 0.29) is 12.5 Å². The maximum atomic E-state index is 11.4. The predicted molar refractivity (Wildman–Crippen MR) is 110 cm³/mol. The molecule has 0 fully saturated rings. The minimum Gasteiger partial charge on any atom is -0.497 e. The van der Waals surface area contributed by atoms with Crippen LogP contribution in [-0.2, 0) is 24.0 Å². The molecule has 0 saturated heterocycles. The van der Waals surface area contributed by atoms with Gasteiger partial charge in [0.2, 0.25) is 0 Å². The summed E-state index contributed by atoms with van der Waals surface area (Å²) >= 11 is 0. The van der Waals surface area contributed by atoms with E-state index in [1.54, 1.807) is 7.11 Å². The summed E-state index contributed by atoms with van der Waals surface area (Å²) in [5.74, 6) is 0.911. The van der Waals surface area contributed by atoms with E-state index in [0.717, 1.165) is 36.1 Å². The average Bonchev–Trinajstić information content (AvgIpc) is 2.64. The van der Waals surface area contributed by atoms with Gasteiger partial charge in [-0.25, -0.2) is 4.79 Å². The Labute approximate surface area is 167 Å². The maximum Gasteiger partial charge on any atom is 0.405 e. The molecule has 0 bridgehead atoms. The van der Waals surface area contributed by atoms with Crippen molar-refractivity contribution in [3.63, 3.8) is 0 Å². The predicted octanol–water partition coefficient (Wildman–Crippen LogP) is 3.90. The number of hydrogen-bond donors (Lipinski definition) is 2. The van der Waals surface area contributed by atoms with Gasteiger partial charge in [-0.3, -0.25) is 0 Å². The number of benzene rings is 2. The summed E-state index contributed by atoms with van der Waals surface area (Å²) in [7, 11) is 1.66. The van der Waals surface area contributed by atoms with Crippen LogP contribution in [0.5, 0.6) is 5.75 Å². The van der Waals surface area contributed by atoms with Crippen molar-refractivity contribution in [3.8, 4) is 5.75 Å². The van der Waals surface area contributed by atoms with Crippen molar-refractivity contribution < 1.29 is 19.4 Å². The Morgan fingerprint density at radius 2 is 1.71 bits per heavy atom. The van der Waals surface area contributed by atoms with E-state index >= 15 is 0 Å². The normalized spacial score (nSPS) is 12.4. The molecular formula is C23H31NO4. The Bertz CT molecular complexity index is 773.